The molecule has 98 valence electrons. The Kier molecular flexibility index (Phi) is 2.85. The number of rotatable bonds is 0. The molecular formula is C18H16BBr. The molecule has 0 atom stereocenters. The van der Waals surface area contributed by atoms with Crippen LogP contribution in [0, 0.1) is 0 Å². The predicted octanol–water partition coefficient (Wildman–Crippen LogP) is 4.47. The van der Waals surface area contributed by atoms with Gasteiger partial charge in [-0.25, -0.2) is 0 Å². The molecule has 4 rings (SSSR count). The van der Waals surface area contributed by atoms with Crippen LogP contribution < -0.4 is 5.46 Å². The van der Waals surface area contributed by atoms with E-state index in [0.717, 1.165) is 5.46 Å². The molecule has 2 aliphatic rings. The Balaban J connectivity index is 2.03. The first-order valence-corrected chi connectivity index (χ1v) is 8.20. The third kappa shape index (κ3) is 1.67. The first-order chi connectivity index (χ1) is 9.71. The van der Waals surface area contributed by atoms with Crippen molar-refractivity contribution >= 4 is 29.2 Å². The van der Waals surface area contributed by atoms with Gasteiger partial charge in [-0.3, -0.25) is 0 Å². The first-order valence-electron chi connectivity index (χ1n) is 7.41. The van der Waals surface area contributed by atoms with E-state index in [1.807, 2.05) is 0 Å². The zero-order valence-electron chi connectivity index (χ0n) is 11.5. The molecule has 2 aromatic rings. The van der Waals surface area contributed by atoms with E-state index in [0.29, 0.717) is 0 Å². The molecule has 2 heteroatoms. The lowest BCUT2D eigenvalue weighted by molar-refractivity contribution is 0.353. The van der Waals surface area contributed by atoms with E-state index in [1.54, 1.807) is 0 Å². The first kappa shape index (κ1) is 12.7. The van der Waals surface area contributed by atoms with Crippen LogP contribution in [-0.4, -0.2) is 7.85 Å². The summed E-state index contributed by atoms with van der Waals surface area (Å²) in [6.45, 7) is 0. The molecule has 0 saturated heterocycles. The van der Waals surface area contributed by atoms with E-state index in [4.69, 9.17) is 7.85 Å². The summed E-state index contributed by atoms with van der Waals surface area (Å²) in [5, 5.41) is 0. The van der Waals surface area contributed by atoms with Crippen LogP contribution in [0.3, 0.4) is 0 Å². The lowest BCUT2D eigenvalue weighted by atomic mass is 9.67. The Labute approximate surface area is 130 Å². The molecular weight excluding hydrogens is 307 g/mol. The number of fused-ring (bicyclic) bond motifs is 5. The summed E-state index contributed by atoms with van der Waals surface area (Å²) in [5.41, 5.74) is 6.85. The molecule has 0 bridgehead atoms. The normalized spacial score (nSPS) is 18.9. The number of halogens is 1. The van der Waals surface area contributed by atoms with Crippen LogP contribution in [0.2, 0.25) is 0 Å². The molecule has 0 unspecified atom stereocenters. The van der Waals surface area contributed by atoms with Gasteiger partial charge in [-0.15, -0.1) is 0 Å². The highest BCUT2D eigenvalue weighted by atomic mass is 79.9. The Hall–Kier alpha value is -1.02. The van der Waals surface area contributed by atoms with Crippen LogP contribution in [0.25, 0.3) is 11.1 Å². The van der Waals surface area contributed by atoms with Crippen LogP contribution >= 0.6 is 15.9 Å². The Morgan fingerprint density at radius 1 is 0.850 bits per heavy atom. The van der Waals surface area contributed by atoms with E-state index in [2.05, 4.69) is 52.3 Å². The van der Waals surface area contributed by atoms with Crippen molar-refractivity contribution in [2.75, 3.05) is 0 Å². The number of hydrogen-bond donors (Lipinski definition) is 0. The van der Waals surface area contributed by atoms with E-state index in [1.165, 1.54) is 58.8 Å². The predicted molar refractivity (Wildman–Crippen MR) is 88.8 cm³/mol. The lowest BCUT2D eigenvalue weighted by Crippen LogP contribution is -2.28. The van der Waals surface area contributed by atoms with Gasteiger partial charge in [0.15, 0.2) is 0 Å². The molecule has 0 amide bonds. The van der Waals surface area contributed by atoms with Gasteiger partial charge in [0.1, 0.15) is 7.85 Å². The summed E-state index contributed by atoms with van der Waals surface area (Å²) in [6.07, 6.45) is 6.57. The van der Waals surface area contributed by atoms with E-state index in [-0.39, 0.29) is 5.41 Å². The molecule has 1 fully saturated rings. The maximum Gasteiger partial charge on any atom is 0.113 e. The fraction of sp³-hybridized carbons (Fsp3) is 0.333. The molecule has 1 spiro atoms. The van der Waals surface area contributed by atoms with Gasteiger partial charge < -0.3 is 0 Å². The molecule has 20 heavy (non-hydrogen) atoms. The van der Waals surface area contributed by atoms with Gasteiger partial charge >= 0.3 is 0 Å². The zero-order chi connectivity index (χ0) is 13.7. The number of benzene rings is 2. The monoisotopic (exact) mass is 322 g/mol. The van der Waals surface area contributed by atoms with Gasteiger partial charge in [0, 0.05) is 9.89 Å². The SMILES string of the molecule is [B]c1ccc2c(c1)-c1ccc(Br)cc1C21CCCCC1. The van der Waals surface area contributed by atoms with E-state index in [9.17, 15) is 0 Å². The minimum atomic E-state index is 0.237. The molecule has 2 radical (unpaired) electrons. The van der Waals surface area contributed by atoms with Crippen LogP contribution in [0.4, 0.5) is 0 Å². The maximum atomic E-state index is 6.03. The van der Waals surface area contributed by atoms with Gasteiger partial charge in [0.05, 0.1) is 0 Å². The Bertz CT molecular complexity index is 684. The summed E-state index contributed by atoms with van der Waals surface area (Å²) >= 11 is 3.65. The van der Waals surface area contributed by atoms with Crippen molar-refractivity contribution < 1.29 is 0 Å². The minimum Gasteiger partial charge on any atom is -0.0960 e. The highest BCUT2D eigenvalue weighted by Gasteiger charge is 2.43. The Morgan fingerprint density at radius 2 is 1.65 bits per heavy atom. The smallest absolute Gasteiger partial charge is 0.0960 e. The summed E-state index contributed by atoms with van der Waals surface area (Å²) in [4.78, 5) is 0. The molecule has 2 aliphatic carbocycles. The van der Waals surface area contributed by atoms with Crippen LogP contribution in [-0.2, 0) is 5.41 Å². The Morgan fingerprint density at radius 3 is 2.45 bits per heavy atom. The molecule has 0 aliphatic heterocycles. The fourth-order valence-corrected chi connectivity index (χ4v) is 4.55. The summed E-state index contributed by atoms with van der Waals surface area (Å²) in [7, 11) is 6.03. The van der Waals surface area contributed by atoms with E-state index >= 15 is 0 Å². The summed E-state index contributed by atoms with van der Waals surface area (Å²) in [6, 6.07) is 13.2. The van der Waals surface area contributed by atoms with Crippen LogP contribution in [0.5, 0.6) is 0 Å². The standard InChI is InChI=1S/C18H16BBr/c19-12-4-7-16-15(10-12)14-6-5-13(20)11-17(14)18(16)8-2-1-3-9-18/h4-7,10-11H,1-3,8-9H2. The highest BCUT2D eigenvalue weighted by Crippen LogP contribution is 2.55. The van der Waals surface area contributed by atoms with Gasteiger partial charge in [-0.05, 0) is 47.2 Å². The van der Waals surface area contributed by atoms with E-state index < -0.39 is 0 Å². The topological polar surface area (TPSA) is 0 Å². The third-order valence-corrected chi connectivity index (χ3v) is 5.55. The second-order valence-corrected chi connectivity index (χ2v) is 7.05. The molecule has 2 aromatic carbocycles. The second-order valence-electron chi connectivity index (χ2n) is 6.14. The average molecular weight is 323 g/mol. The van der Waals surface area contributed by atoms with Crippen molar-refractivity contribution in [1.82, 2.24) is 0 Å². The molecule has 0 N–H and O–H groups in total. The largest absolute Gasteiger partial charge is 0.113 e. The van der Waals surface area contributed by atoms with Gasteiger partial charge in [0.2, 0.25) is 0 Å². The van der Waals surface area contributed by atoms with Crippen molar-refractivity contribution in [2.45, 2.75) is 37.5 Å². The van der Waals surface area contributed by atoms with Crippen molar-refractivity contribution in [3.05, 3.63) is 52.0 Å². The second kappa shape index (κ2) is 4.49. The number of hydrogen-bond acceptors (Lipinski definition) is 0. The molecule has 0 heterocycles. The average Bonchev–Trinajstić information content (AvgIpc) is 2.70. The third-order valence-electron chi connectivity index (χ3n) is 5.05. The van der Waals surface area contributed by atoms with Gasteiger partial charge in [-0.2, -0.15) is 0 Å². The maximum absolute atomic E-state index is 6.03. The van der Waals surface area contributed by atoms with Gasteiger partial charge in [0.25, 0.3) is 0 Å². The van der Waals surface area contributed by atoms with Gasteiger partial charge in [-0.1, -0.05) is 64.9 Å². The van der Waals surface area contributed by atoms with Crippen LogP contribution in [0.1, 0.15) is 43.2 Å². The quantitative estimate of drug-likeness (QED) is 0.628. The molecule has 0 nitrogen and oxygen atoms in total. The van der Waals surface area contributed by atoms with Crippen molar-refractivity contribution in [1.29, 1.82) is 0 Å². The molecule has 1 saturated carbocycles. The zero-order valence-corrected chi connectivity index (χ0v) is 13.0. The van der Waals surface area contributed by atoms with Crippen LogP contribution in [0.15, 0.2) is 40.9 Å². The highest BCUT2D eigenvalue weighted by molar-refractivity contribution is 9.10. The summed E-state index contributed by atoms with van der Waals surface area (Å²) < 4.78 is 1.18. The van der Waals surface area contributed by atoms with Crippen molar-refractivity contribution in [3.63, 3.8) is 0 Å². The fourth-order valence-electron chi connectivity index (χ4n) is 4.19. The van der Waals surface area contributed by atoms with Crippen molar-refractivity contribution in [2.24, 2.45) is 0 Å². The summed E-state index contributed by atoms with van der Waals surface area (Å²) in [5.74, 6) is 0. The van der Waals surface area contributed by atoms with Crippen molar-refractivity contribution in [3.8, 4) is 11.1 Å². The molecule has 0 aromatic heterocycles. The minimum absolute atomic E-state index is 0.237. The lowest BCUT2D eigenvalue weighted by Gasteiger charge is -2.36.